The highest BCUT2D eigenvalue weighted by molar-refractivity contribution is 5.96. The van der Waals surface area contributed by atoms with E-state index in [0.717, 1.165) is 0 Å². The average Bonchev–Trinajstić information content (AvgIpc) is 3.11. The molecule has 0 saturated heterocycles. The van der Waals surface area contributed by atoms with Crippen molar-refractivity contribution < 1.29 is 14.1 Å². The lowest BCUT2D eigenvalue weighted by atomic mass is 10.1. The molecule has 3 aromatic heterocycles. The summed E-state index contributed by atoms with van der Waals surface area (Å²) in [6.45, 7) is 0.242. The van der Waals surface area contributed by atoms with E-state index in [1.54, 1.807) is 35.9 Å². The van der Waals surface area contributed by atoms with Crippen molar-refractivity contribution in [3.05, 3.63) is 87.1 Å². The Balaban J connectivity index is 1.82. The fourth-order valence-corrected chi connectivity index (χ4v) is 3.29. The van der Waals surface area contributed by atoms with Gasteiger partial charge in [-0.3, -0.25) is 19.1 Å². The molecule has 9 nitrogen and oxygen atoms in total. The molecule has 0 aliphatic rings. The van der Waals surface area contributed by atoms with Gasteiger partial charge in [-0.05, 0) is 24.3 Å². The van der Waals surface area contributed by atoms with E-state index in [-0.39, 0.29) is 23.5 Å². The molecule has 1 N–H and O–H groups in total. The second-order valence-electron chi connectivity index (χ2n) is 6.80. The third-order valence-corrected chi connectivity index (χ3v) is 4.90. The highest BCUT2D eigenvalue weighted by Gasteiger charge is 2.22. The molecule has 4 aromatic rings. The van der Waals surface area contributed by atoms with Crippen molar-refractivity contribution in [3.8, 4) is 5.75 Å². The van der Waals surface area contributed by atoms with Crippen LogP contribution >= 0.6 is 0 Å². The van der Waals surface area contributed by atoms with Crippen LogP contribution in [0.25, 0.3) is 11.2 Å². The molecule has 0 bridgehead atoms. The second-order valence-corrected chi connectivity index (χ2v) is 6.80. The number of hydrogen-bond donors (Lipinski definition) is 1. The van der Waals surface area contributed by atoms with Crippen molar-refractivity contribution in [3.63, 3.8) is 0 Å². The molecule has 152 valence electrons. The van der Waals surface area contributed by atoms with E-state index < -0.39 is 11.2 Å². The quantitative estimate of drug-likeness (QED) is 0.374. The molecule has 0 fully saturated rings. The van der Waals surface area contributed by atoms with Crippen molar-refractivity contribution in [2.75, 3.05) is 7.11 Å². The van der Waals surface area contributed by atoms with E-state index in [2.05, 4.69) is 9.97 Å². The van der Waals surface area contributed by atoms with Gasteiger partial charge in [0.2, 0.25) is 6.54 Å². The molecule has 0 aliphatic carbocycles. The largest absolute Gasteiger partial charge is 0.497 e. The molecule has 0 aliphatic heterocycles. The number of aromatic nitrogens is 5. The maximum Gasteiger partial charge on any atom is 0.329 e. The zero-order valence-corrected chi connectivity index (χ0v) is 16.5. The predicted molar refractivity (Wildman–Crippen MR) is 109 cm³/mol. The van der Waals surface area contributed by atoms with Crippen LogP contribution in [0.2, 0.25) is 0 Å². The van der Waals surface area contributed by atoms with Crippen molar-refractivity contribution in [1.29, 1.82) is 0 Å². The Morgan fingerprint density at radius 2 is 1.83 bits per heavy atom. The van der Waals surface area contributed by atoms with Crippen LogP contribution in [0.5, 0.6) is 5.75 Å². The minimum absolute atomic E-state index is 0.0904. The van der Waals surface area contributed by atoms with Crippen molar-refractivity contribution >= 4 is 16.9 Å². The van der Waals surface area contributed by atoms with Crippen LogP contribution in [0.1, 0.15) is 16.2 Å². The molecule has 0 radical (unpaired) electrons. The van der Waals surface area contributed by atoms with Crippen LogP contribution in [0, 0.1) is 0 Å². The summed E-state index contributed by atoms with van der Waals surface area (Å²) < 4.78 is 9.85. The van der Waals surface area contributed by atoms with Gasteiger partial charge >= 0.3 is 5.69 Å². The Morgan fingerprint density at radius 1 is 1.13 bits per heavy atom. The smallest absolute Gasteiger partial charge is 0.329 e. The van der Waals surface area contributed by atoms with Crippen LogP contribution in [-0.2, 0) is 20.1 Å². The number of nitrogens with zero attached hydrogens (tertiary/aromatic N) is 4. The lowest BCUT2D eigenvalue weighted by Gasteiger charge is -2.08. The van der Waals surface area contributed by atoms with Crippen LogP contribution in [-0.4, -0.2) is 32.0 Å². The first-order chi connectivity index (χ1) is 14.5. The Hall–Kier alpha value is -4.01. The predicted octanol–water partition coefficient (Wildman–Crippen LogP) is 0.651. The van der Waals surface area contributed by atoms with Gasteiger partial charge in [0, 0.05) is 24.7 Å². The van der Waals surface area contributed by atoms with Gasteiger partial charge in [-0.2, -0.15) is 4.57 Å². The van der Waals surface area contributed by atoms with Crippen LogP contribution in [0.15, 0.2) is 64.4 Å². The van der Waals surface area contributed by atoms with E-state index in [9.17, 15) is 14.4 Å². The van der Waals surface area contributed by atoms with Crippen molar-refractivity contribution in [2.45, 2.75) is 13.1 Å². The van der Waals surface area contributed by atoms with Gasteiger partial charge in [-0.25, -0.2) is 9.78 Å². The SMILES string of the molecule is COc1ccc(C(=O)Cn2c(C[n+]3ccccc3)nc3c2c(=O)[nH]c(=O)n3C)cc1. The third-order valence-electron chi connectivity index (χ3n) is 4.90. The summed E-state index contributed by atoms with van der Waals surface area (Å²) in [7, 11) is 3.08. The number of ketones is 1. The summed E-state index contributed by atoms with van der Waals surface area (Å²) in [4.78, 5) is 44.3. The third kappa shape index (κ3) is 3.52. The second kappa shape index (κ2) is 7.78. The zero-order chi connectivity index (χ0) is 21.3. The van der Waals surface area contributed by atoms with Gasteiger partial charge < -0.3 is 9.30 Å². The van der Waals surface area contributed by atoms with Gasteiger partial charge in [0.05, 0.1) is 13.7 Å². The number of methoxy groups -OCH3 is 1. The van der Waals surface area contributed by atoms with Crippen LogP contribution in [0.3, 0.4) is 0 Å². The van der Waals surface area contributed by atoms with E-state index in [0.29, 0.717) is 23.7 Å². The average molecular weight is 406 g/mol. The highest BCUT2D eigenvalue weighted by atomic mass is 16.5. The number of hydrogen-bond acceptors (Lipinski definition) is 5. The van der Waals surface area contributed by atoms with Gasteiger partial charge in [0.25, 0.3) is 5.56 Å². The Labute approximate surface area is 170 Å². The normalized spacial score (nSPS) is 11.0. The molecular weight excluding hydrogens is 386 g/mol. The van der Waals surface area contributed by atoms with E-state index in [1.165, 1.54) is 11.6 Å². The number of pyridine rings is 1. The maximum atomic E-state index is 12.9. The number of aryl methyl sites for hydroxylation is 1. The first-order valence-corrected chi connectivity index (χ1v) is 9.27. The summed E-state index contributed by atoms with van der Waals surface area (Å²) in [6.07, 6.45) is 3.72. The zero-order valence-electron chi connectivity index (χ0n) is 16.5. The molecule has 0 unspecified atom stereocenters. The molecule has 0 spiro atoms. The Kier molecular flexibility index (Phi) is 5.01. The molecule has 9 heteroatoms. The topological polar surface area (TPSA) is 103 Å². The number of rotatable bonds is 6. The molecule has 0 saturated carbocycles. The molecular formula is C21H20N5O4+. The summed E-state index contributed by atoms with van der Waals surface area (Å²) in [5, 5.41) is 0. The number of carbonyl (C=O) groups is 1. The van der Waals surface area contributed by atoms with Gasteiger partial charge in [-0.15, -0.1) is 0 Å². The number of benzene rings is 1. The van der Waals surface area contributed by atoms with E-state index in [4.69, 9.17) is 4.74 Å². The summed E-state index contributed by atoms with van der Waals surface area (Å²) in [6, 6.07) is 12.4. The molecule has 1 aromatic carbocycles. The van der Waals surface area contributed by atoms with Gasteiger partial charge in [0.1, 0.15) is 5.75 Å². The number of Topliss-reactive ketones (excluding diaryl/α,β-unsaturated/α-hetero) is 1. The monoisotopic (exact) mass is 406 g/mol. The number of ether oxygens (including phenoxy) is 1. The van der Waals surface area contributed by atoms with Crippen LogP contribution in [0.4, 0.5) is 0 Å². The minimum atomic E-state index is -0.576. The minimum Gasteiger partial charge on any atom is -0.497 e. The number of nitrogens with one attached hydrogen (secondary N) is 1. The van der Waals surface area contributed by atoms with Crippen molar-refractivity contribution in [2.24, 2.45) is 7.05 Å². The standard InChI is InChI=1S/C21H19N5O4/c1-24-19-18(20(28)23-21(24)29)26(17(22-19)13-25-10-4-3-5-11-25)12-16(27)14-6-8-15(30-2)9-7-14/h3-11H,12-13H2,1-2H3/p+1. The highest BCUT2D eigenvalue weighted by Crippen LogP contribution is 2.15. The van der Waals surface area contributed by atoms with Crippen molar-refractivity contribution in [1.82, 2.24) is 19.1 Å². The number of imidazole rings is 1. The molecule has 3 heterocycles. The number of fused-ring (bicyclic) bond motifs is 1. The lowest BCUT2D eigenvalue weighted by molar-refractivity contribution is -0.689. The molecule has 4 rings (SSSR count). The fourth-order valence-electron chi connectivity index (χ4n) is 3.29. The molecule has 30 heavy (non-hydrogen) atoms. The lowest BCUT2D eigenvalue weighted by Crippen LogP contribution is -2.35. The maximum absolute atomic E-state index is 12.9. The summed E-state index contributed by atoms with van der Waals surface area (Å²) in [5.41, 5.74) is -0.231. The Bertz CT molecular complexity index is 1330. The number of carbonyl (C=O) groups excluding carboxylic acids is 1. The summed E-state index contributed by atoms with van der Waals surface area (Å²) >= 11 is 0. The van der Waals surface area contributed by atoms with E-state index in [1.807, 2.05) is 35.2 Å². The van der Waals surface area contributed by atoms with Gasteiger partial charge in [-0.1, -0.05) is 6.07 Å². The Morgan fingerprint density at radius 3 is 2.50 bits per heavy atom. The van der Waals surface area contributed by atoms with Crippen LogP contribution < -0.4 is 20.6 Å². The number of aromatic amines is 1. The first-order valence-electron chi connectivity index (χ1n) is 9.27. The molecule has 0 atom stereocenters. The summed E-state index contributed by atoms with van der Waals surface area (Å²) in [5.74, 6) is 0.950. The van der Waals surface area contributed by atoms with E-state index >= 15 is 0 Å². The molecule has 0 amide bonds. The first kappa shape index (κ1) is 19.3. The fraction of sp³-hybridized carbons (Fsp3) is 0.190. The van der Waals surface area contributed by atoms with Gasteiger partial charge in [0.15, 0.2) is 35.2 Å². The number of H-pyrrole nitrogens is 1.